The lowest BCUT2D eigenvalue weighted by molar-refractivity contribution is -0.142. The number of halogens is 2. The Morgan fingerprint density at radius 3 is 2.48 bits per heavy atom. The second-order valence-corrected chi connectivity index (χ2v) is 13.2. The van der Waals surface area contributed by atoms with Gasteiger partial charge in [-0.15, -0.1) is 12.4 Å². The number of amides is 2. The van der Waals surface area contributed by atoms with Crippen molar-refractivity contribution in [3.63, 3.8) is 0 Å². The average molecular weight is 603 g/mol. The van der Waals surface area contributed by atoms with Gasteiger partial charge in [-0.1, -0.05) is 32.1 Å². The minimum Gasteiger partial charge on any atom is -0.434 e. The van der Waals surface area contributed by atoms with Crippen LogP contribution < -0.4 is 11.1 Å². The molecule has 3 heterocycles. The number of carbonyl (C=O) groups is 3. The average Bonchev–Trinajstić information content (AvgIpc) is 3.65. The fraction of sp³-hybridized carbons (Fsp3) is 0.656. The summed E-state index contributed by atoms with van der Waals surface area (Å²) in [5, 5.41) is 4.00. The fourth-order valence-electron chi connectivity index (χ4n) is 8.17. The van der Waals surface area contributed by atoms with E-state index in [0.717, 1.165) is 43.0 Å². The number of hydrogen-bond acceptors (Lipinski definition) is 5. The third kappa shape index (κ3) is 5.54. The summed E-state index contributed by atoms with van der Waals surface area (Å²) in [6.45, 7) is 3.79. The smallest absolute Gasteiger partial charge is 0.357 e. The molecule has 2 amide bonds. The van der Waals surface area contributed by atoms with Crippen molar-refractivity contribution >= 4 is 46.8 Å². The quantitative estimate of drug-likeness (QED) is 0.409. The van der Waals surface area contributed by atoms with Crippen molar-refractivity contribution in [1.82, 2.24) is 9.47 Å². The maximum absolute atomic E-state index is 14.0. The van der Waals surface area contributed by atoms with E-state index in [-0.39, 0.29) is 47.9 Å². The first-order valence-electron chi connectivity index (χ1n) is 15.5. The molecule has 2 unspecified atom stereocenters. The fourth-order valence-corrected chi connectivity index (χ4v) is 8.17. The molecular weight excluding hydrogens is 559 g/mol. The van der Waals surface area contributed by atoms with E-state index in [9.17, 15) is 18.8 Å². The number of cyclic esters (lactones) is 1. The molecule has 1 aromatic heterocycles. The van der Waals surface area contributed by atoms with Crippen molar-refractivity contribution in [2.75, 3.05) is 18.5 Å². The zero-order valence-corrected chi connectivity index (χ0v) is 25.5. The van der Waals surface area contributed by atoms with Gasteiger partial charge in [0.2, 0.25) is 11.8 Å². The maximum atomic E-state index is 14.0. The zero-order chi connectivity index (χ0) is 28.9. The number of benzene rings is 1. The Balaban J connectivity index is 0.00000353. The van der Waals surface area contributed by atoms with Gasteiger partial charge in [0.15, 0.2) is 5.72 Å². The second kappa shape index (κ2) is 12.2. The van der Waals surface area contributed by atoms with Crippen LogP contribution in [0.1, 0.15) is 88.5 Å². The number of alkyl halides is 1. The van der Waals surface area contributed by atoms with Crippen LogP contribution in [0.15, 0.2) is 24.3 Å². The first-order chi connectivity index (χ1) is 19.7. The van der Waals surface area contributed by atoms with Crippen LogP contribution >= 0.6 is 12.4 Å². The highest BCUT2D eigenvalue weighted by Gasteiger charge is 2.47. The number of nitrogens with one attached hydrogen (secondary N) is 1. The van der Waals surface area contributed by atoms with Crippen molar-refractivity contribution in [2.45, 2.75) is 95.9 Å². The molecule has 42 heavy (non-hydrogen) atoms. The highest BCUT2D eigenvalue weighted by Crippen LogP contribution is 2.42. The van der Waals surface area contributed by atoms with E-state index in [1.165, 1.54) is 19.3 Å². The summed E-state index contributed by atoms with van der Waals surface area (Å²) in [7, 11) is 0. The van der Waals surface area contributed by atoms with Crippen LogP contribution in [-0.2, 0) is 20.1 Å². The number of likely N-dealkylation sites (tertiary alicyclic amines) is 1. The van der Waals surface area contributed by atoms with Crippen molar-refractivity contribution in [3.8, 4) is 0 Å². The van der Waals surface area contributed by atoms with Gasteiger partial charge >= 0.3 is 5.97 Å². The number of aromatic nitrogens is 1. The molecule has 2 aromatic rings. The topological polar surface area (TPSA) is 107 Å². The van der Waals surface area contributed by atoms with Crippen molar-refractivity contribution in [3.05, 3.63) is 30.0 Å². The van der Waals surface area contributed by atoms with Crippen molar-refractivity contribution in [2.24, 2.45) is 29.4 Å². The molecule has 3 atom stereocenters. The van der Waals surface area contributed by atoms with Crippen LogP contribution in [0.3, 0.4) is 0 Å². The van der Waals surface area contributed by atoms with Gasteiger partial charge < -0.3 is 20.7 Å². The lowest BCUT2D eigenvalue weighted by atomic mass is 9.76. The first-order valence-corrected chi connectivity index (χ1v) is 15.5. The van der Waals surface area contributed by atoms with E-state index in [1.54, 1.807) is 0 Å². The number of anilines is 1. The maximum Gasteiger partial charge on any atom is 0.357 e. The van der Waals surface area contributed by atoms with Gasteiger partial charge in [0.1, 0.15) is 18.4 Å². The number of fused-ring (bicyclic) bond motifs is 3. The zero-order valence-electron chi connectivity index (χ0n) is 24.6. The normalized spacial score (nSPS) is 28.2. The summed E-state index contributed by atoms with van der Waals surface area (Å²) in [6, 6.07) is 6.52. The van der Waals surface area contributed by atoms with E-state index < -0.39 is 24.5 Å². The summed E-state index contributed by atoms with van der Waals surface area (Å²) in [4.78, 5) is 42.2. The van der Waals surface area contributed by atoms with E-state index in [4.69, 9.17) is 10.5 Å². The summed E-state index contributed by atoms with van der Waals surface area (Å²) in [5.41, 5.74) is 7.21. The number of carbonyl (C=O) groups excluding carboxylic acids is 3. The Hall–Kier alpha value is -2.65. The molecule has 0 spiro atoms. The molecule has 2 saturated carbocycles. The summed E-state index contributed by atoms with van der Waals surface area (Å²) in [5.74, 6) is 0.152. The molecule has 4 aliphatic rings. The Morgan fingerprint density at radius 1 is 1.07 bits per heavy atom. The molecule has 2 aliphatic heterocycles. The molecular formula is C32H44ClFN4O4. The standard InChI is InChI=1S/C32H43FN4O4.ClH/c1-32(2)37-26-13-12-23(16-22(26)17-27(37)31(40)41-32)35-29(38)28-24(19-6-4-3-5-7-19)14-15-36(28)30(39)21-10-8-20(9-11-21)25(34)18-33;/h12-13,16-17,19-21,24-25,28H,3-11,14-15,18,34H2,1-2H3,(H,35,38);1H/t20-,21-,24?,25-,28?;/m1./s1. The second-order valence-electron chi connectivity index (χ2n) is 13.2. The van der Waals surface area contributed by atoms with Crippen LogP contribution in [0.4, 0.5) is 10.1 Å². The predicted molar refractivity (Wildman–Crippen MR) is 162 cm³/mol. The minimum absolute atomic E-state index is 0. The number of nitrogens with two attached hydrogens (primary N) is 1. The monoisotopic (exact) mass is 602 g/mol. The van der Waals surface area contributed by atoms with Crippen molar-refractivity contribution in [1.29, 1.82) is 0 Å². The van der Waals surface area contributed by atoms with E-state index in [1.807, 2.05) is 47.6 Å². The van der Waals surface area contributed by atoms with Crippen LogP contribution in [-0.4, -0.2) is 52.6 Å². The summed E-state index contributed by atoms with van der Waals surface area (Å²) in [6.07, 6.45) is 9.56. The van der Waals surface area contributed by atoms with Crippen LogP contribution in [0, 0.1) is 23.7 Å². The lowest BCUT2D eigenvalue weighted by Gasteiger charge is -2.36. The van der Waals surface area contributed by atoms with Gasteiger partial charge in [0.25, 0.3) is 0 Å². The molecule has 0 radical (unpaired) electrons. The first kappa shape index (κ1) is 30.8. The van der Waals surface area contributed by atoms with Crippen molar-refractivity contribution < 1.29 is 23.5 Å². The van der Waals surface area contributed by atoms with Crippen LogP contribution in [0.2, 0.25) is 0 Å². The van der Waals surface area contributed by atoms with Gasteiger partial charge in [-0.2, -0.15) is 0 Å². The predicted octanol–water partition coefficient (Wildman–Crippen LogP) is 5.77. The highest BCUT2D eigenvalue weighted by atomic mass is 35.5. The van der Waals surface area contributed by atoms with Gasteiger partial charge in [-0.05, 0) is 88.0 Å². The SMILES string of the molecule is CC1(C)OC(=O)c2cc3cc(NC(=O)C4C(C5CCCCC5)CCN4C(=O)[C@H]4CC[C@H]([C@H](N)CF)CC4)ccc3n21.Cl. The van der Waals surface area contributed by atoms with Gasteiger partial charge in [0.05, 0.1) is 5.52 Å². The van der Waals surface area contributed by atoms with Crippen LogP contribution in [0.25, 0.3) is 10.9 Å². The Labute approximate surface area is 253 Å². The molecule has 1 saturated heterocycles. The molecule has 1 aromatic carbocycles. The van der Waals surface area contributed by atoms with E-state index >= 15 is 0 Å². The number of esters is 1. The molecule has 230 valence electrons. The minimum atomic E-state index is -0.771. The van der Waals surface area contributed by atoms with E-state index in [2.05, 4.69) is 5.32 Å². The third-order valence-electron chi connectivity index (χ3n) is 10.3. The molecule has 6 rings (SSSR count). The molecule has 3 N–H and O–H groups in total. The van der Waals surface area contributed by atoms with Gasteiger partial charge in [-0.3, -0.25) is 14.2 Å². The number of ether oxygens (including phenoxy) is 1. The van der Waals surface area contributed by atoms with Gasteiger partial charge in [0, 0.05) is 29.6 Å². The molecule has 3 fully saturated rings. The molecule has 10 heteroatoms. The third-order valence-corrected chi connectivity index (χ3v) is 10.3. The molecule has 8 nitrogen and oxygen atoms in total. The number of rotatable bonds is 6. The lowest BCUT2D eigenvalue weighted by Crippen LogP contribution is -2.50. The largest absolute Gasteiger partial charge is 0.434 e. The van der Waals surface area contributed by atoms with Crippen LogP contribution in [0.5, 0.6) is 0 Å². The summed E-state index contributed by atoms with van der Waals surface area (Å²) < 4.78 is 20.5. The Morgan fingerprint density at radius 2 is 1.79 bits per heavy atom. The molecule has 2 aliphatic carbocycles. The number of hydrogen-bond donors (Lipinski definition) is 2. The number of nitrogens with zero attached hydrogens (tertiary/aromatic N) is 2. The summed E-state index contributed by atoms with van der Waals surface area (Å²) >= 11 is 0. The Kier molecular flexibility index (Phi) is 8.91. The highest BCUT2D eigenvalue weighted by molar-refractivity contribution is 6.02. The molecule has 0 bridgehead atoms. The Bertz CT molecular complexity index is 1330. The van der Waals surface area contributed by atoms with Gasteiger partial charge in [-0.25, -0.2) is 9.18 Å². The van der Waals surface area contributed by atoms with E-state index in [0.29, 0.717) is 36.7 Å².